The molecule has 2 aromatic carbocycles. The van der Waals surface area contributed by atoms with Gasteiger partial charge in [-0.3, -0.25) is 4.79 Å². The van der Waals surface area contributed by atoms with E-state index in [4.69, 9.17) is 0 Å². The first-order chi connectivity index (χ1) is 21.4. The maximum Gasteiger partial charge on any atom is 0.271 e. The molecule has 13 heteroatoms. The Morgan fingerprint density at radius 3 is 2.42 bits per heavy atom. The van der Waals surface area contributed by atoms with Crippen LogP contribution in [0.15, 0.2) is 66.1 Å². The molecule has 2 atom stereocenters. The van der Waals surface area contributed by atoms with Crippen molar-refractivity contribution in [2.75, 3.05) is 5.32 Å². The lowest BCUT2D eigenvalue weighted by atomic mass is 9.90. The number of halogens is 3. The molecule has 0 bridgehead atoms. The molecule has 0 aliphatic heterocycles. The van der Waals surface area contributed by atoms with Crippen molar-refractivity contribution in [2.24, 2.45) is 7.05 Å². The van der Waals surface area contributed by atoms with Crippen LogP contribution in [0, 0.1) is 31.3 Å². The van der Waals surface area contributed by atoms with Crippen molar-refractivity contribution < 1.29 is 26.4 Å². The molecule has 3 aromatic heterocycles. The summed E-state index contributed by atoms with van der Waals surface area (Å²) in [5.41, 5.74) is 1.45. The number of imidazole rings is 1. The number of hydrogen-bond donors (Lipinski definition) is 2. The Morgan fingerprint density at radius 1 is 0.978 bits per heavy atom. The number of pyridine rings is 1. The van der Waals surface area contributed by atoms with E-state index in [0.717, 1.165) is 28.4 Å². The summed E-state index contributed by atoms with van der Waals surface area (Å²) in [7, 11) is -2.52. The van der Waals surface area contributed by atoms with Crippen LogP contribution >= 0.6 is 0 Å². The van der Waals surface area contributed by atoms with Crippen molar-refractivity contribution in [1.29, 1.82) is 0 Å². The number of rotatable bonds is 7. The van der Waals surface area contributed by atoms with E-state index < -0.39 is 27.5 Å². The maximum absolute atomic E-state index is 15.3. The van der Waals surface area contributed by atoms with E-state index in [1.165, 1.54) is 24.4 Å². The minimum atomic E-state index is -4.30. The van der Waals surface area contributed by atoms with Crippen molar-refractivity contribution in [3.05, 3.63) is 95.5 Å². The number of amides is 1. The number of hydrogen-bond acceptors (Lipinski definition) is 6. The van der Waals surface area contributed by atoms with Crippen molar-refractivity contribution in [2.45, 2.75) is 56.5 Å². The number of fused-ring (bicyclic) bond motifs is 1. The lowest BCUT2D eigenvalue weighted by molar-refractivity contribution is 0.0921. The molecule has 1 saturated carbocycles. The number of benzene rings is 2. The Labute approximate surface area is 258 Å². The minimum Gasteiger partial charge on any atom is -0.365 e. The fraction of sp³-hybridized carbons (Fsp3) is 0.281. The molecule has 0 saturated heterocycles. The van der Waals surface area contributed by atoms with Gasteiger partial charge in [-0.25, -0.2) is 35.5 Å². The van der Waals surface area contributed by atoms with Crippen LogP contribution in [0.1, 0.15) is 47.3 Å². The summed E-state index contributed by atoms with van der Waals surface area (Å²) in [6, 6.07) is 8.59. The van der Waals surface area contributed by atoms with Gasteiger partial charge in [0.2, 0.25) is 0 Å². The highest BCUT2D eigenvalue weighted by Crippen LogP contribution is 2.37. The van der Waals surface area contributed by atoms with Gasteiger partial charge < -0.3 is 15.2 Å². The van der Waals surface area contributed by atoms with Crippen LogP contribution in [0.2, 0.25) is 0 Å². The number of aryl methyl sites for hydroxylation is 3. The zero-order chi connectivity index (χ0) is 32.0. The zero-order valence-corrected chi connectivity index (χ0v) is 25.6. The summed E-state index contributed by atoms with van der Waals surface area (Å²) in [4.78, 5) is 21.2. The summed E-state index contributed by atoms with van der Waals surface area (Å²) in [5.74, 6) is -2.97. The Hall–Kier alpha value is -4.65. The average molecular weight is 637 g/mol. The fourth-order valence-corrected chi connectivity index (χ4v) is 7.21. The Bertz CT molecular complexity index is 2040. The van der Waals surface area contributed by atoms with Gasteiger partial charge in [-0.15, -0.1) is 0 Å². The normalized spacial score (nSPS) is 17.0. The number of nitrogens with zero attached hydrogens (tertiary/aromatic N) is 4. The van der Waals surface area contributed by atoms with Crippen LogP contribution in [0.4, 0.5) is 19.0 Å². The number of carbonyl (C=O) groups is 1. The minimum absolute atomic E-state index is 0.0219. The lowest BCUT2D eigenvalue weighted by Gasteiger charge is -2.30. The Kier molecular flexibility index (Phi) is 7.89. The van der Waals surface area contributed by atoms with Gasteiger partial charge in [-0.05, 0) is 69.4 Å². The van der Waals surface area contributed by atoms with Gasteiger partial charge in [0.25, 0.3) is 15.9 Å². The molecule has 2 N–H and O–H groups in total. The largest absolute Gasteiger partial charge is 0.365 e. The van der Waals surface area contributed by atoms with Crippen molar-refractivity contribution in [1.82, 2.24) is 23.8 Å². The van der Waals surface area contributed by atoms with Crippen molar-refractivity contribution in [3.63, 3.8) is 0 Å². The lowest BCUT2D eigenvalue weighted by Crippen LogP contribution is -2.42. The molecule has 1 aliphatic rings. The van der Waals surface area contributed by atoms with Gasteiger partial charge in [0.05, 0.1) is 16.9 Å². The molecule has 45 heavy (non-hydrogen) atoms. The Balaban J connectivity index is 1.35. The summed E-state index contributed by atoms with van der Waals surface area (Å²) < 4.78 is 74.9. The molecule has 0 radical (unpaired) electrons. The number of anilines is 1. The third kappa shape index (κ3) is 5.91. The number of carbonyl (C=O) groups excluding carboxylic acids is 1. The second-order valence-corrected chi connectivity index (χ2v) is 13.3. The van der Waals surface area contributed by atoms with Crippen LogP contribution in [0.5, 0.6) is 0 Å². The van der Waals surface area contributed by atoms with E-state index in [9.17, 15) is 17.6 Å². The first-order valence-electron chi connectivity index (χ1n) is 14.5. The molecule has 1 amide bonds. The predicted molar refractivity (Wildman–Crippen MR) is 164 cm³/mol. The van der Waals surface area contributed by atoms with Crippen LogP contribution in [0.3, 0.4) is 0 Å². The molecule has 9 nitrogen and oxygen atoms in total. The third-order valence-electron chi connectivity index (χ3n) is 8.07. The van der Waals surface area contributed by atoms with Crippen molar-refractivity contribution >= 4 is 32.7 Å². The molecule has 0 spiro atoms. The fourth-order valence-electron chi connectivity index (χ4n) is 5.84. The first kappa shape index (κ1) is 30.4. The summed E-state index contributed by atoms with van der Waals surface area (Å²) in [6.07, 6.45) is 7.09. The number of nitrogens with one attached hydrogen (secondary N) is 2. The van der Waals surface area contributed by atoms with Crippen LogP contribution in [-0.2, 0) is 17.1 Å². The standard InChI is InChI=1S/C32H31F3N6O3S/c1-18-7-9-23(10-8-18)45(43,44)41-15-25(24-12-20(33)13-26(34)30(24)41)29-19(2)11-27(35)31(39-29)37-21-5-4-6-22(14-21)38-32(42)28-16-40(3)17-36-28/h7-13,15-17,21-22H,4-6,14H2,1-3H3,(H,37,39)(H,38,42)/t21-,22+/m1/s1. The molecule has 6 rings (SSSR count). The molecule has 3 heterocycles. The molecular weight excluding hydrogens is 605 g/mol. The molecule has 0 unspecified atom stereocenters. The van der Waals surface area contributed by atoms with Crippen LogP contribution in [-0.4, -0.2) is 44.9 Å². The Morgan fingerprint density at radius 2 is 1.71 bits per heavy atom. The van der Waals surface area contributed by atoms with E-state index in [2.05, 4.69) is 20.6 Å². The maximum atomic E-state index is 15.3. The van der Waals surface area contributed by atoms with Crippen molar-refractivity contribution in [3.8, 4) is 11.3 Å². The first-order valence-corrected chi connectivity index (χ1v) is 15.9. The highest BCUT2D eigenvalue weighted by atomic mass is 32.2. The van der Waals surface area contributed by atoms with Gasteiger partial charge in [0.15, 0.2) is 17.5 Å². The van der Waals surface area contributed by atoms with E-state index >= 15 is 8.78 Å². The molecule has 234 valence electrons. The topological polar surface area (TPSA) is 111 Å². The molecule has 5 aromatic rings. The van der Waals surface area contributed by atoms with E-state index in [1.807, 2.05) is 6.92 Å². The van der Waals surface area contributed by atoms with E-state index in [-0.39, 0.29) is 50.9 Å². The van der Waals surface area contributed by atoms with Gasteiger partial charge in [0, 0.05) is 48.5 Å². The van der Waals surface area contributed by atoms with Crippen LogP contribution in [0.25, 0.3) is 22.2 Å². The summed E-state index contributed by atoms with van der Waals surface area (Å²) >= 11 is 0. The molecule has 1 aliphatic carbocycles. The summed E-state index contributed by atoms with van der Waals surface area (Å²) in [6.45, 7) is 3.40. The SMILES string of the molecule is Cc1ccc(S(=O)(=O)n2cc(-c3nc(N[C@@H]4CCC[C@H](NC(=O)c5cn(C)cn5)C4)c(F)cc3C)c3cc(F)cc(F)c32)cc1. The highest BCUT2D eigenvalue weighted by Gasteiger charge is 2.28. The highest BCUT2D eigenvalue weighted by molar-refractivity contribution is 7.90. The zero-order valence-electron chi connectivity index (χ0n) is 24.8. The second kappa shape index (κ2) is 11.7. The predicted octanol–water partition coefficient (Wildman–Crippen LogP) is 5.86. The smallest absolute Gasteiger partial charge is 0.271 e. The quantitative estimate of drug-likeness (QED) is 0.232. The second-order valence-electron chi connectivity index (χ2n) is 11.5. The monoisotopic (exact) mass is 636 g/mol. The molecular formula is C32H31F3N6O3S. The van der Waals surface area contributed by atoms with Gasteiger partial charge in [-0.1, -0.05) is 17.7 Å². The average Bonchev–Trinajstić information content (AvgIpc) is 3.59. The molecule has 1 fully saturated rings. The van der Waals surface area contributed by atoms with Gasteiger partial charge >= 0.3 is 0 Å². The summed E-state index contributed by atoms with van der Waals surface area (Å²) in [5, 5.41) is 6.11. The van der Waals surface area contributed by atoms with E-state index in [0.29, 0.717) is 30.2 Å². The van der Waals surface area contributed by atoms with Crippen LogP contribution < -0.4 is 10.6 Å². The van der Waals surface area contributed by atoms with Gasteiger partial charge in [0.1, 0.15) is 17.0 Å². The van der Waals surface area contributed by atoms with Gasteiger partial charge in [-0.2, -0.15) is 0 Å². The third-order valence-corrected chi connectivity index (χ3v) is 9.75. The van der Waals surface area contributed by atoms with E-state index in [1.54, 1.807) is 43.2 Å². The number of aromatic nitrogens is 4.